The topological polar surface area (TPSA) is 83.5 Å². The molecule has 140 valence electrons. The number of rotatable bonds is 5. The molecule has 1 N–H and O–H groups in total. The van der Waals surface area contributed by atoms with Crippen LogP contribution in [0, 0.1) is 0 Å². The Labute approximate surface area is 162 Å². The van der Waals surface area contributed by atoms with Crippen LogP contribution >= 0.6 is 15.9 Å². The molecule has 0 amide bonds. The first-order valence-electron chi connectivity index (χ1n) is 8.18. The maximum atomic E-state index is 12.6. The van der Waals surface area contributed by atoms with Gasteiger partial charge in [0.05, 0.1) is 9.79 Å². The number of nitrogens with one attached hydrogen (secondary N) is 1. The van der Waals surface area contributed by atoms with Crippen LogP contribution in [-0.2, 0) is 20.0 Å². The third-order valence-corrected chi connectivity index (χ3v) is 7.95. The summed E-state index contributed by atoms with van der Waals surface area (Å²) in [5.41, 5.74) is 0.308. The zero-order chi connectivity index (χ0) is 18.8. The van der Waals surface area contributed by atoms with Gasteiger partial charge in [0.15, 0.2) is 0 Å². The van der Waals surface area contributed by atoms with Gasteiger partial charge in [-0.2, -0.15) is 4.31 Å². The summed E-state index contributed by atoms with van der Waals surface area (Å²) < 4.78 is 54.7. The predicted octanol–water partition coefficient (Wildman–Crippen LogP) is 3.42. The Hall–Kier alpha value is -1.42. The average Bonchev–Trinajstić information content (AvgIpc) is 2.63. The van der Waals surface area contributed by atoms with Crippen molar-refractivity contribution < 1.29 is 16.8 Å². The van der Waals surface area contributed by atoms with Crippen molar-refractivity contribution in [2.75, 3.05) is 17.8 Å². The van der Waals surface area contributed by atoms with E-state index in [9.17, 15) is 16.8 Å². The fourth-order valence-electron chi connectivity index (χ4n) is 2.80. The van der Waals surface area contributed by atoms with Crippen molar-refractivity contribution in [1.82, 2.24) is 4.31 Å². The molecular formula is C17H19BrN2O4S2. The minimum absolute atomic E-state index is 0.122. The molecule has 0 spiro atoms. The van der Waals surface area contributed by atoms with Crippen molar-refractivity contribution in [3.63, 3.8) is 0 Å². The first kappa shape index (κ1) is 19.3. The van der Waals surface area contributed by atoms with E-state index in [2.05, 4.69) is 20.7 Å². The van der Waals surface area contributed by atoms with Crippen LogP contribution in [0.1, 0.15) is 19.3 Å². The molecule has 26 heavy (non-hydrogen) atoms. The molecule has 9 heteroatoms. The van der Waals surface area contributed by atoms with Gasteiger partial charge >= 0.3 is 0 Å². The fourth-order valence-corrected chi connectivity index (χ4v) is 5.97. The number of hydrogen-bond donors (Lipinski definition) is 1. The van der Waals surface area contributed by atoms with Gasteiger partial charge in [0.1, 0.15) is 0 Å². The molecule has 1 fully saturated rings. The molecule has 0 aromatic heterocycles. The molecule has 0 unspecified atom stereocenters. The second-order valence-corrected chi connectivity index (χ2v) is 10.6. The number of halogens is 1. The zero-order valence-electron chi connectivity index (χ0n) is 13.9. The smallest absolute Gasteiger partial charge is 0.261 e. The SMILES string of the molecule is O=S(=O)(Nc1ccc(S(=O)(=O)N2CCCCC2)cc1)c1cccc(Br)c1. The number of nitrogens with zero attached hydrogens (tertiary/aromatic N) is 1. The minimum Gasteiger partial charge on any atom is -0.280 e. The highest BCUT2D eigenvalue weighted by Gasteiger charge is 2.25. The molecule has 3 rings (SSSR count). The van der Waals surface area contributed by atoms with Gasteiger partial charge in [-0.15, -0.1) is 0 Å². The van der Waals surface area contributed by atoms with Gasteiger partial charge in [0.25, 0.3) is 10.0 Å². The lowest BCUT2D eigenvalue weighted by Gasteiger charge is -2.25. The van der Waals surface area contributed by atoms with Crippen molar-refractivity contribution in [1.29, 1.82) is 0 Å². The third kappa shape index (κ3) is 4.28. The molecule has 1 saturated heterocycles. The van der Waals surface area contributed by atoms with Crippen LogP contribution < -0.4 is 4.72 Å². The van der Waals surface area contributed by atoms with E-state index in [1.807, 2.05) is 0 Å². The van der Waals surface area contributed by atoms with Gasteiger partial charge in [-0.1, -0.05) is 28.4 Å². The predicted molar refractivity (Wildman–Crippen MR) is 104 cm³/mol. The summed E-state index contributed by atoms with van der Waals surface area (Å²) in [5.74, 6) is 0. The van der Waals surface area contributed by atoms with Crippen molar-refractivity contribution in [2.45, 2.75) is 29.1 Å². The summed E-state index contributed by atoms with van der Waals surface area (Å²) >= 11 is 3.25. The van der Waals surface area contributed by atoms with Crippen molar-refractivity contribution in [3.05, 3.63) is 53.0 Å². The highest BCUT2D eigenvalue weighted by atomic mass is 79.9. The van der Waals surface area contributed by atoms with Gasteiger partial charge in [-0.25, -0.2) is 16.8 Å². The lowest BCUT2D eigenvalue weighted by molar-refractivity contribution is 0.346. The van der Waals surface area contributed by atoms with E-state index < -0.39 is 20.0 Å². The summed E-state index contributed by atoms with van der Waals surface area (Å²) in [4.78, 5) is 0.293. The molecule has 1 aliphatic heterocycles. The van der Waals surface area contributed by atoms with Crippen LogP contribution in [0.2, 0.25) is 0 Å². The summed E-state index contributed by atoms with van der Waals surface area (Å²) in [7, 11) is -7.27. The van der Waals surface area contributed by atoms with Gasteiger partial charge in [-0.3, -0.25) is 4.72 Å². The van der Waals surface area contributed by atoms with Crippen LogP contribution in [-0.4, -0.2) is 34.2 Å². The summed E-state index contributed by atoms with van der Waals surface area (Å²) in [5, 5.41) is 0. The third-order valence-electron chi connectivity index (χ3n) is 4.17. The minimum atomic E-state index is -3.74. The molecule has 0 bridgehead atoms. The highest BCUT2D eigenvalue weighted by molar-refractivity contribution is 9.10. The molecule has 2 aromatic rings. The van der Waals surface area contributed by atoms with E-state index >= 15 is 0 Å². The van der Waals surface area contributed by atoms with E-state index in [0.29, 0.717) is 23.2 Å². The molecule has 0 saturated carbocycles. The van der Waals surface area contributed by atoms with E-state index in [1.54, 1.807) is 12.1 Å². The Balaban J connectivity index is 1.79. The number of anilines is 1. The lowest BCUT2D eigenvalue weighted by atomic mass is 10.2. The largest absolute Gasteiger partial charge is 0.280 e. The van der Waals surface area contributed by atoms with Crippen LogP contribution in [0.15, 0.2) is 62.8 Å². The second-order valence-electron chi connectivity index (χ2n) is 6.05. The molecule has 0 radical (unpaired) electrons. The van der Waals surface area contributed by atoms with Crippen LogP contribution in [0.4, 0.5) is 5.69 Å². The Morgan fingerprint density at radius 1 is 0.846 bits per heavy atom. The van der Waals surface area contributed by atoms with Crippen molar-refractivity contribution in [2.24, 2.45) is 0 Å². The van der Waals surface area contributed by atoms with E-state index in [4.69, 9.17) is 0 Å². The fraction of sp³-hybridized carbons (Fsp3) is 0.294. The van der Waals surface area contributed by atoms with Gasteiger partial charge in [-0.05, 0) is 55.3 Å². The number of hydrogen-bond acceptors (Lipinski definition) is 4. The maximum absolute atomic E-state index is 12.6. The molecule has 6 nitrogen and oxygen atoms in total. The summed E-state index contributed by atoms with van der Waals surface area (Å²) in [6.07, 6.45) is 2.77. The van der Waals surface area contributed by atoms with Crippen LogP contribution in [0.25, 0.3) is 0 Å². The van der Waals surface area contributed by atoms with Crippen LogP contribution in [0.5, 0.6) is 0 Å². The number of piperidine rings is 1. The molecular weight excluding hydrogens is 440 g/mol. The summed E-state index contributed by atoms with van der Waals surface area (Å²) in [6.45, 7) is 1.05. The zero-order valence-corrected chi connectivity index (χ0v) is 17.1. The molecule has 0 aliphatic carbocycles. The Morgan fingerprint density at radius 3 is 2.12 bits per heavy atom. The average molecular weight is 459 g/mol. The second kappa shape index (κ2) is 7.67. The number of benzene rings is 2. The van der Waals surface area contributed by atoms with Crippen LogP contribution in [0.3, 0.4) is 0 Å². The lowest BCUT2D eigenvalue weighted by Crippen LogP contribution is -2.35. The van der Waals surface area contributed by atoms with E-state index in [0.717, 1.165) is 19.3 Å². The standard InChI is InChI=1S/C17H19BrN2O4S2/c18-14-5-4-6-17(13-14)25(21,22)19-15-7-9-16(10-8-15)26(23,24)20-11-2-1-3-12-20/h4-10,13,19H,1-3,11-12H2. The molecule has 2 aromatic carbocycles. The number of sulfonamides is 2. The highest BCUT2D eigenvalue weighted by Crippen LogP contribution is 2.24. The molecule has 1 aliphatic rings. The Kier molecular flexibility index (Phi) is 5.71. The Morgan fingerprint density at radius 2 is 1.50 bits per heavy atom. The van der Waals surface area contributed by atoms with E-state index in [-0.39, 0.29) is 9.79 Å². The first-order valence-corrected chi connectivity index (χ1v) is 11.9. The summed E-state index contributed by atoms with van der Waals surface area (Å²) in [6, 6.07) is 12.1. The van der Waals surface area contributed by atoms with Gasteiger partial charge < -0.3 is 0 Å². The quantitative estimate of drug-likeness (QED) is 0.743. The van der Waals surface area contributed by atoms with Gasteiger partial charge in [0, 0.05) is 23.2 Å². The van der Waals surface area contributed by atoms with Crippen molar-refractivity contribution >= 4 is 41.7 Å². The van der Waals surface area contributed by atoms with E-state index in [1.165, 1.54) is 40.7 Å². The monoisotopic (exact) mass is 458 g/mol. The van der Waals surface area contributed by atoms with Crippen molar-refractivity contribution in [3.8, 4) is 0 Å². The molecule has 1 heterocycles. The van der Waals surface area contributed by atoms with Gasteiger partial charge in [0.2, 0.25) is 10.0 Å². The first-order chi connectivity index (χ1) is 12.3. The normalized spacial score (nSPS) is 16.3. The maximum Gasteiger partial charge on any atom is 0.261 e. The molecule has 0 atom stereocenters. The Bertz CT molecular complexity index is 984.